The summed E-state index contributed by atoms with van der Waals surface area (Å²) in [7, 11) is 1.55. The summed E-state index contributed by atoms with van der Waals surface area (Å²) < 4.78 is 10.8. The Labute approximate surface area is 171 Å². The largest absolute Gasteiger partial charge is 0.465 e. The number of nitrogens with one attached hydrogen (secondary N) is 1. The van der Waals surface area contributed by atoms with E-state index in [1.807, 2.05) is 0 Å². The topological polar surface area (TPSA) is 125 Å². The van der Waals surface area contributed by atoms with Crippen LogP contribution in [-0.4, -0.2) is 65.5 Å². The standard InChI is InChI=1S/C17H25BrN4O6/c1-16(2,3)27-14(24)19-10-17(5-7-22(8-6-17)15(25)26)13(23)21(4)12-9-11(18)20-28-12/h9H,5-8,10H2,1-4H3,(H,19,24)(H,25,26). The van der Waals surface area contributed by atoms with Crippen LogP contribution in [-0.2, 0) is 9.53 Å². The monoisotopic (exact) mass is 460 g/mol. The maximum absolute atomic E-state index is 13.3. The second-order valence-corrected chi connectivity index (χ2v) is 8.57. The fraction of sp³-hybridized carbons (Fsp3) is 0.647. The van der Waals surface area contributed by atoms with E-state index in [-0.39, 0.29) is 44.3 Å². The zero-order chi connectivity index (χ0) is 21.1. The van der Waals surface area contributed by atoms with Crippen molar-refractivity contribution in [3.63, 3.8) is 0 Å². The molecule has 0 unspecified atom stereocenters. The number of hydrogen-bond acceptors (Lipinski definition) is 6. The first-order valence-corrected chi connectivity index (χ1v) is 9.58. The highest BCUT2D eigenvalue weighted by molar-refractivity contribution is 9.10. The summed E-state index contributed by atoms with van der Waals surface area (Å²) in [5, 5.41) is 15.6. The number of piperidine rings is 1. The first-order chi connectivity index (χ1) is 12.9. The molecule has 3 amide bonds. The third kappa shape index (κ3) is 5.37. The fourth-order valence-electron chi connectivity index (χ4n) is 3.01. The van der Waals surface area contributed by atoms with Crippen LogP contribution in [0.2, 0.25) is 0 Å². The van der Waals surface area contributed by atoms with E-state index >= 15 is 0 Å². The lowest BCUT2D eigenvalue weighted by Gasteiger charge is -2.41. The second-order valence-electron chi connectivity index (χ2n) is 7.76. The summed E-state index contributed by atoms with van der Waals surface area (Å²) >= 11 is 3.17. The fourth-order valence-corrected chi connectivity index (χ4v) is 3.27. The molecule has 0 bridgehead atoms. The van der Waals surface area contributed by atoms with E-state index in [0.717, 1.165) is 0 Å². The summed E-state index contributed by atoms with van der Waals surface area (Å²) in [6, 6.07) is 1.55. The quantitative estimate of drug-likeness (QED) is 0.706. The number of carbonyl (C=O) groups is 3. The molecule has 1 aliphatic rings. The van der Waals surface area contributed by atoms with Gasteiger partial charge in [0.15, 0.2) is 4.60 Å². The molecule has 0 saturated carbocycles. The average Bonchev–Trinajstić information content (AvgIpc) is 3.04. The lowest BCUT2D eigenvalue weighted by atomic mass is 9.77. The molecule has 0 radical (unpaired) electrons. The number of aromatic nitrogens is 1. The molecular formula is C17H25BrN4O6. The van der Waals surface area contributed by atoms with Crippen molar-refractivity contribution in [2.45, 2.75) is 39.2 Å². The molecule has 0 atom stereocenters. The SMILES string of the molecule is CN(C(=O)C1(CNC(=O)OC(C)(C)C)CCN(C(=O)O)CC1)c1cc(Br)no1. The molecule has 0 aliphatic carbocycles. The normalized spacial score (nSPS) is 16.4. The van der Waals surface area contributed by atoms with Gasteiger partial charge in [0, 0.05) is 32.7 Å². The van der Waals surface area contributed by atoms with E-state index in [1.165, 1.54) is 9.80 Å². The number of rotatable bonds is 4. The molecular weight excluding hydrogens is 436 g/mol. The third-order valence-corrected chi connectivity index (χ3v) is 4.89. The van der Waals surface area contributed by atoms with Crippen molar-refractivity contribution in [3.8, 4) is 0 Å². The Morgan fingerprint density at radius 3 is 2.46 bits per heavy atom. The highest BCUT2D eigenvalue weighted by Crippen LogP contribution is 2.35. The molecule has 11 heteroatoms. The predicted octanol–water partition coefficient (Wildman–Crippen LogP) is 2.68. The van der Waals surface area contributed by atoms with Gasteiger partial charge in [-0.2, -0.15) is 0 Å². The molecule has 1 aromatic rings. The predicted molar refractivity (Wildman–Crippen MR) is 103 cm³/mol. The van der Waals surface area contributed by atoms with Crippen molar-refractivity contribution in [3.05, 3.63) is 10.7 Å². The van der Waals surface area contributed by atoms with Crippen LogP contribution >= 0.6 is 15.9 Å². The first kappa shape index (κ1) is 22.0. The Morgan fingerprint density at radius 2 is 2.00 bits per heavy atom. The number of amides is 3. The second kappa shape index (κ2) is 8.38. The molecule has 0 aromatic carbocycles. The third-order valence-electron chi connectivity index (χ3n) is 4.52. The molecule has 2 heterocycles. The minimum atomic E-state index is -1.03. The van der Waals surface area contributed by atoms with Crippen molar-refractivity contribution < 1.29 is 28.8 Å². The Hall–Kier alpha value is -2.30. The number of halogens is 1. The zero-order valence-corrected chi connectivity index (χ0v) is 17.9. The highest BCUT2D eigenvalue weighted by Gasteiger charge is 2.45. The minimum Gasteiger partial charge on any atom is -0.465 e. The van der Waals surface area contributed by atoms with Gasteiger partial charge in [-0.15, -0.1) is 0 Å². The van der Waals surface area contributed by atoms with Crippen LogP contribution in [0.4, 0.5) is 15.5 Å². The van der Waals surface area contributed by atoms with Crippen molar-refractivity contribution in [1.82, 2.24) is 15.4 Å². The molecule has 28 heavy (non-hydrogen) atoms. The number of carboxylic acid groups (broad SMARTS) is 1. The molecule has 1 aliphatic heterocycles. The van der Waals surface area contributed by atoms with E-state index in [2.05, 4.69) is 26.4 Å². The van der Waals surface area contributed by atoms with Crippen molar-refractivity contribution in [2.75, 3.05) is 31.6 Å². The van der Waals surface area contributed by atoms with Crippen molar-refractivity contribution in [2.24, 2.45) is 5.41 Å². The van der Waals surface area contributed by atoms with E-state index < -0.39 is 23.2 Å². The molecule has 156 valence electrons. The van der Waals surface area contributed by atoms with Gasteiger partial charge in [0.25, 0.3) is 0 Å². The Morgan fingerprint density at radius 1 is 1.39 bits per heavy atom. The number of likely N-dealkylation sites (tertiary alicyclic amines) is 1. The number of alkyl carbamates (subject to hydrolysis) is 1. The summed E-state index contributed by atoms with van der Waals surface area (Å²) in [5.74, 6) is -0.0496. The number of nitrogens with zero attached hydrogens (tertiary/aromatic N) is 3. The van der Waals surface area contributed by atoms with Crippen LogP contribution in [0.25, 0.3) is 0 Å². The molecule has 1 aromatic heterocycles. The van der Waals surface area contributed by atoms with Crippen LogP contribution in [0.1, 0.15) is 33.6 Å². The van der Waals surface area contributed by atoms with Gasteiger partial charge in [0.1, 0.15) is 5.60 Å². The van der Waals surface area contributed by atoms with Gasteiger partial charge < -0.3 is 24.6 Å². The molecule has 2 rings (SSSR count). The Balaban J connectivity index is 2.18. The molecule has 2 N–H and O–H groups in total. The molecule has 0 spiro atoms. The van der Waals surface area contributed by atoms with Crippen LogP contribution < -0.4 is 10.2 Å². The summed E-state index contributed by atoms with van der Waals surface area (Å²) in [6.07, 6.45) is -1.15. The van der Waals surface area contributed by atoms with Gasteiger partial charge >= 0.3 is 12.2 Å². The lowest BCUT2D eigenvalue weighted by molar-refractivity contribution is -0.130. The van der Waals surface area contributed by atoms with Gasteiger partial charge in [0.05, 0.1) is 5.41 Å². The van der Waals surface area contributed by atoms with Gasteiger partial charge in [0.2, 0.25) is 11.8 Å². The Kier molecular flexibility index (Phi) is 6.58. The minimum absolute atomic E-state index is 0.0217. The van der Waals surface area contributed by atoms with Crippen molar-refractivity contribution in [1.29, 1.82) is 0 Å². The van der Waals surface area contributed by atoms with Crippen molar-refractivity contribution >= 4 is 39.9 Å². The number of anilines is 1. The summed E-state index contributed by atoms with van der Waals surface area (Å²) in [6.45, 7) is 5.63. The van der Waals surface area contributed by atoms with E-state index in [1.54, 1.807) is 33.9 Å². The van der Waals surface area contributed by atoms with Gasteiger partial charge in [-0.1, -0.05) is 5.16 Å². The van der Waals surface area contributed by atoms with E-state index in [9.17, 15) is 19.5 Å². The zero-order valence-electron chi connectivity index (χ0n) is 16.3. The van der Waals surface area contributed by atoms with E-state index in [4.69, 9.17) is 9.26 Å². The van der Waals surface area contributed by atoms with Gasteiger partial charge in [-0.05, 0) is 49.5 Å². The van der Waals surface area contributed by atoms with Crippen LogP contribution in [0.5, 0.6) is 0 Å². The Bertz CT molecular complexity index is 736. The first-order valence-electron chi connectivity index (χ1n) is 8.79. The van der Waals surface area contributed by atoms with Crippen LogP contribution in [0.3, 0.4) is 0 Å². The van der Waals surface area contributed by atoms with E-state index in [0.29, 0.717) is 4.60 Å². The maximum atomic E-state index is 13.3. The highest BCUT2D eigenvalue weighted by atomic mass is 79.9. The summed E-state index contributed by atoms with van der Waals surface area (Å²) in [5.41, 5.74) is -1.66. The van der Waals surface area contributed by atoms with Gasteiger partial charge in [-0.25, -0.2) is 9.59 Å². The lowest BCUT2D eigenvalue weighted by Crippen LogP contribution is -2.55. The smallest absolute Gasteiger partial charge is 0.407 e. The summed E-state index contributed by atoms with van der Waals surface area (Å²) in [4.78, 5) is 39.2. The molecule has 10 nitrogen and oxygen atoms in total. The average molecular weight is 461 g/mol. The van der Waals surface area contributed by atoms with Gasteiger partial charge in [-0.3, -0.25) is 9.69 Å². The molecule has 1 saturated heterocycles. The maximum Gasteiger partial charge on any atom is 0.407 e. The molecule has 1 fully saturated rings. The number of carbonyl (C=O) groups excluding carboxylic acids is 2. The van der Waals surface area contributed by atoms with Crippen LogP contribution in [0, 0.1) is 5.41 Å². The number of hydrogen-bond donors (Lipinski definition) is 2. The van der Waals surface area contributed by atoms with Crippen LogP contribution in [0.15, 0.2) is 15.2 Å². The number of ether oxygens (including phenoxy) is 1.